The van der Waals surface area contributed by atoms with Gasteiger partial charge in [0.25, 0.3) is 5.91 Å². The molecule has 3 aromatic carbocycles. The van der Waals surface area contributed by atoms with Gasteiger partial charge in [-0.25, -0.2) is 4.68 Å². The van der Waals surface area contributed by atoms with Gasteiger partial charge in [0.1, 0.15) is 17.1 Å². The van der Waals surface area contributed by atoms with E-state index in [1.807, 2.05) is 59.3 Å². The summed E-state index contributed by atoms with van der Waals surface area (Å²) in [6.45, 7) is 2.14. The van der Waals surface area contributed by atoms with Crippen molar-refractivity contribution in [2.45, 2.75) is 19.4 Å². The number of allylic oxidation sites excluding steroid dienone is 1. The second kappa shape index (κ2) is 9.27. The fourth-order valence-corrected chi connectivity index (χ4v) is 4.11. The maximum absolute atomic E-state index is 13.2. The average Bonchev–Trinajstić information content (AvgIpc) is 3.33. The molecular formula is C28H26N4O2. The van der Waals surface area contributed by atoms with Crippen LogP contribution in [-0.2, 0) is 6.42 Å². The summed E-state index contributed by atoms with van der Waals surface area (Å²) in [5.41, 5.74) is 5.53. The van der Waals surface area contributed by atoms with Crippen molar-refractivity contribution in [3.05, 3.63) is 113 Å². The molecule has 0 unspecified atom stereocenters. The average molecular weight is 451 g/mol. The number of fused-ring (bicyclic) bond motifs is 1. The van der Waals surface area contributed by atoms with E-state index >= 15 is 0 Å². The van der Waals surface area contributed by atoms with Gasteiger partial charge in [-0.2, -0.15) is 5.10 Å². The Morgan fingerprint density at radius 3 is 2.44 bits per heavy atom. The van der Waals surface area contributed by atoms with Crippen LogP contribution in [0.15, 0.2) is 91.1 Å². The number of benzene rings is 3. The smallest absolute Gasteiger partial charge is 0.261 e. The van der Waals surface area contributed by atoms with Crippen LogP contribution in [-0.4, -0.2) is 22.8 Å². The van der Waals surface area contributed by atoms with Crippen molar-refractivity contribution in [2.24, 2.45) is 0 Å². The highest BCUT2D eigenvalue weighted by Gasteiger charge is 2.28. The van der Waals surface area contributed by atoms with Crippen LogP contribution < -0.4 is 15.4 Å². The second-order valence-electron chi connectivity index (χ2n) is 8.15. The number of amides is 1. The number of nitrogens with zero attached hydrogens (tertiary/aromatic N) is 2. The molecule has 4 aromatic rings. The molecule has 0 fully saturated rings. The zero-order valence-corrected chi connectivity index (χ0v) is 19.2. The Bertz CT molecular complexity index is 1320. The molecule has 2 heterocycles. The number of nitrogens with one attached hydrogen (secondary N) is 2. The summed E-state index contributed by atoms with van der Waals surface area (Å²) < 4.78 is 7.18. The third-order valence-electron chi connectivity index (χ3n) is 6.04. The van der Waals surface area contributed by atoms with E-state index in [0.717, 1.165) is 34.7 Å². The van der Waals surface area contributed by atoms with Gasteiger partial charge in [-0.15, -0.1) is 0 Å². The minimum atomic E-state index is -0.212. The Kier molecular flexibility index (Phi) is 5.87. The van der Waals surface area contributed by atoms with Gasteiger partial charge < -0.3 is 15.4 Å². The number of aryl methyl sites for hydroxylation is 1. The van der Waals surface area contributed by atoms with E-state index in [4.69, 9.17) is 4.74 Å². The van der Waals surface area contributed by atoms with E-state index in [9.17, 15) is 4.79 Å². The largest absolute Gasteiger partial charge is 0.497 e. The van der Waals surface area contributed by atoms with Gasteiger partial charge >= 0.3 is 0 Å². The van der Waals surface area contributed by atoms with E-state index in [1.54, 1.807) is 13.3 Å². The van der Waals surface area contributed by atoms with Crippen LogP contribution in [0, 0.1) is 0 Å². The lowest BCUT2D eigenvalue weighted by Crippen LogP contribution is -2.22. The van der Waals surface area contributed by atoms with E-state index in [0.29, 0.717) is 11.4 Å². The monoisotopic (exact) mass is 450 g/mol. The van der Waals surface area contributed by atoms with Gasteiger partial charge in [-0.05, 0) is 53.5 Å². The molecule has 0 bridgehead atoms. The summed E-state index contributed by atoms with van der Waals surface area (Å²) >= 11 is 0. The predicted octanol–water partition coefficient (Wildman–Crippen LogP) is 5.76. The Morgan fingerprint density at radius 1 is 1.03 bits per heavy atom. The molecule has 1 aliphatic rings. The van der Waals surface area contributed by atoms with Gasteiger partial charge in [0.05, 0.1) is 19.3 Å². The van der Waals surface area contributed by atoms with Crippen LogP contribution in [0.25, 0.3) is 5.70 Å². The summed E-state index contributed by atoms with van der Waals surface area (Å²) in [5.74, 6) is 1.24. The summed E-state index contributed by atoms with van der Waals surface area (Å²) in [6, 6.07) is 25.7. The first kappa shape index (κ1) is 21.5. The zero-order chi connectivity index (χ0) is 23.5. The molecule has 5 rings (SSSR count). The standard InChI is InChI=1S/C28H26N4O2/c1-3-19-9-11-20(12-10-19)25-17-26(21-13-15-23(34-2)16-14-21)32-27(31-25)24(18-29-32)28(33)30-22-7-5-4-6-8-22/h4-18,26,31H,3H2,1-2H3,(H,30,33)/t26-/m1/s1. The summed E-state index contributed by atoms with van der Waals surface area (Å²) in [5, 5.41) is 11.0. The predicted molar refractivity (Wildman–Crippen MR) is 135 cm³/mol. The lowest BCUT2D eigenvalue weighted by molar-refractivity contribution is 0.102. The van der Waals surface area contributed by atoms with Gasteiger partial charge in [0, 0.05) is 11.4 Å². The molecule has 1 atom stereocenters. The lowest BCUT2D eigenvalue weighted by atomic mass is 10.00. The Hall–Kier alpha value is -4.32. The third kappa shape index (κ3) is 4.18. The van der Waals surface area contributed by atoms with E-state index in [2.05, 4.69) is 53.0 Å². The molecule has 0 saturated carbocycles. The van der Waals surface area contributed by atoms with Crippen LogP contribution in [0.3, 0.4) is 0 Å². The normalized spacial score (nSPS) is 14.5. The molecule has 0 spiro atoms. The van der Waals surface area contributed by atoms with E-state index < -0.39 is 0 Å². The SMILES string of the molecule is CCc1ccc(C2=C[C@H](c3ccc(OC)cc3)n3ncc(C(=O)Nc4ccccc4)c3N2)cc1. The Morgan fingerprint density at radius 2 is 1.76 bits per heavy atom. The van der Waals surface area contributed by atoms with Crippen molar-refractivity contribution in [1.29, 1.82) is 0 Å². The van der Waals surface area contributed by atoms with Crippen LogP contribution in [0.2, 0.25) is 0 Å². The molecule has 0 radical (unpaired) electrons. The maximum Gasteiger partial charge on any atom is 0.261 e. The minimum absolute atomic E-state index is 0.179. The molecule has 6 nitrogen and oxygen atoms in total. The number of methoxy groups -OCH3 is 1. The van der Waals surface area contributed by atoms with Crippen LogP contribution in [0.4, 0.5) is 11.5 Å². The van der Waals surface area contributed by atoms with Crippen molar-refractivity contribution in [2.75, 3.05) is 17.7 Å². The first-order valence-corrected chi connectivity index (χ1v) is 11.3. The summed E-state index contributed by atoms with van der Waals surface area (Å²) in [7, 11) is 1.65. The molecule has 6 heteroatoms. The molecule has 34 heavy (non-hydrogen) atoms. The molecular weight excluding hydrogens is 424 g/mol. The fourth-order valence-electron chi connectivity index (χ4n) is 4.11. The molecule has 1 aromatic heterocycles. The highest BCUT2D eigenvalue weighted by Crippen LogP contribution is 2.36. The number of aromatic nitrogens is 2. The van der Waals surface area contributed by atoms with Gasteiger partial charge in [-0.3, -0.25) is 4.79 Å². The van der Waals surface area contributed by atoms with Crippen LogP contribution in [0.5, 0.6) is 5.75 Å². The number of hydrogen-bond donors (Lipinski definition) is 2. The molecule has 170 valence electrons. The molecule has 2 N–H and O–H groups in total. The van der Waals surface area contributed by atoms with Crippen molar-refractivity contribution < 1.29 is 9.53 Å². The maximum atomic E-state index is 13.2. The number of carbonyl (C=O) groups excluding carboxylic acids is 1. The van der Waals surface area contributed by atoms with Gasteiger partial charge in [0.2, 0.25) is 0 Å². The number of anilines is 2. The highest BCUT2D eigenvalue weighted by molar-refractivity contribution is 6.08. The molecule has 1 amide bonds. The fraction of sp³-hybridized carbons (Fsp3) is 0.143. The Labute approximate surface area is 198 Å². The first-order valence-electron chi connectivity index (χ1n) is 11.3. The van der Waals surface area contributed by atoms with Gasteiger partial charge in [0.15, 0.2) is 0 Å². The minimum Gasteiger partial charge on any atom is -0.497 e. The number of ether oxygens (including phenoxy) is 1. The molecule has 1 aliphatic heterocycles. The van der Waals surface area contributed by atoms with E-state index in [1.165, 1.54) is 5.56 Å². The second-order valence-corrected chi connectivity index (χ2v) is 8.15. The van der Waals surface area contributed by atoms with Gasteiger partial charge in [-0.1, -0.05) is 61.5 Å². The highest BCUT2D eigenvalue weighted by atomic mass is 16.5. The number of para-hydroxylation sites is 1. The van der Waals surface area contributed by atoms with Crippen molar-refractivity contribution in [3.8, 4) is 5.75 Å². The number of hydrogen-bond acceptors (Lipinski definition) is 4. The topological polar surface area (TPSA) is 68.2 Å². The Balaban J connectivity index is 1.55. The van der Waals surface area contributed by atoms with Crippen LogP contribution >= 0.6 is 0 Å². The summed E-state index contributed by atoms with van der Waals surface area (Å²) in [6.07, 6.45) is 4.74. The van der Waals surface area contributed by atoms with Crippen molar-refractivity contribution in [3.63, 3.8) is 0 Å². The van der Waals surface area contributed by atoms with Crippen molar-refractivity contribution in [1.82, 2.24) is 9.78 Å². The zero-order valence-electron chi connectivity index (χ0n) is 19.2. The number of carbonyl (C=O) groups is 1. The summed E-state index contributed by atoms with van der Waals surface area (Å²) in [4.78, 5) is 13.2. The third-order valence-corrected chi connectivity index (χ3v) is 6.04. The van der Waals surface area contributed by atoms with Crippen LogP contribution in [0.1, 0.15) is 40.0 Å². The first-order chi connectivity index (χ1) is 16.7. The number of rotatable bonds is 6. The lowest BCUT2D eigenvalue weighted by Gasteiger charge is -2.26. The molecule has 0 saturated heterocycles. The van der Waals surface area contributed by atoms with E-state index in [-0.39, 0.29) is 11.9 Å². The quantitative estimate of drug-likeness (QED) is 0.392. The van der Waals surface area contributed by atoms with Crippen molar-refractivity contribution >= 4 is 23.1 Å². The molecule has 0 aliphatic carbocycles.